The molecular weight excluding hydrogens is 316 g/mol. The Hall–Kier alpha value is -1.92. The Morgan fingerprint density at radius 2 is 1.91 bits per heavy atom. The molecule has 23 heavy (non-hydrogen) atoms. The third kappa shape index (κ3) is 5.65. The SMILES string of the molecule is C[NH+](CC(=O)NC(C)(C)C)Cc1nnc(-c2ccc(Cl)cc2)o1. The Morgan fingerprint density at radius 3 is 2.52 bits per heavy atom. The summed E-state index contributed by atoms with van der Waals surface area (Å²) in [5.41, 5.74) is 0.583. The van der Waals surface area contributed by atoms with Crippen molar-refractivity contribution < 1.29 is 14.1 Å². The maximum atomic E-state index is 11.9. The summed E-state index contributed by atoms with van der Waals surface area (Å²) in [5, 5.41) is 11.7. The lowest BCUT2D eigenvalue weighted by Crippen LogP contribution is -3.09. The van der Waals surface area contributed by atoms with Crippen molar-refractivity contribution in [3.05, 3.63) is 35.2 Å². The van der Waals surface area contributed by atoms with Crippen LogP contribution in [0.4, 0.5) is 0 Å². The molecule has 1 aromatic carbocycles. The van der Waals surface area contributed by atoms with Crippen molar-refractivity contribution in [3.63, 3.8) is 0 Å². The smallest absolute Gasteiger partial charge is 0.275 e. The second kappa shape index (κ2) is 7.10. The highest BCUT2D eigenvalue weighted by Gasteiger charge is 2.19. The average Bonchev–Trinajstić information content (AvgIpc) is 2.85. The third-order valence-electron chi connectivity index (χ3n) is 2.99. The summed E-state index contributed by atoms with van der Waals surface area (Å²) in [4.78, 5) is 12.9. The maximum Gasteiger partial charge on any atom is 0.275 e. The monoisotopic (exact) mass is 337 g/mol. The number of quaternary nitrogens is 1. The third-order valence-corrected chi connectivity index (χ3v) is 3.24. The number of rotatable bonds is 5. The molecule has 0 saturated heterocycles. The van der Waals surface area contributed by atoms with Gasteiger partial charge >= 0.3 is 0 Å². The van der Waals surface area contributed by atoms with E-state index in [2.05, 4.69) is 15.5 Å². The van der Waals surface area contributed by atoms with E-state index in [4.69, 9.17) is 16.0 Å². The lowest BCUT2D eigenvalue weighted by Gasteiger charge is -2.21. The standard InChI is InChI=1S/C16H21ClN4O2/c1-16(2,3)18-13(22)9-21(4)10-14-19-20-15(23-14)11-5-7-12(17)8-6-11/h5-8H,9-10H2,1-4H3,(H,18,22)/p+1. The fourth-order valence-electron chi connectivity index (χ4n) is 2.09. The van der Waals surface area contributed by atoms with E-state index in [-0.39, 0.29) is 11.4 Å². The summed E-state index contributed by atoms with van der Waals surface area (Å²) in [6, 6.07) is 7.20. The Balaban J connectivity index is 1.93. The average molecular weight is 338 g/mol. The van der Waals surface area contributed by atoms with Gasteiger partial charge in [0.1, 0.15) is 0 Å². The number of likely N-dealkylation sites (N-methyl/N-ethyl adjacent to an activating group) is 1. The molecule has 124 valence electrons. The number of halogens is 1. The van der Waals surface area contributed by atoms with Gasteiger partial charge in [0.15, 0.2) is 13.1 Å². The summed E-state index contributed by atoms with van der Waals surface area (Å²) in [7, 11) is 1.91. The minimum atomic E-state index is -0.233. The Labute approximate surface area is 140 Å². The van der Waals surface area contributed by atoms with E-state index in [0.717, 1.165) is 10.5 Å². The molecule has 7 heteroatoms. The molecule has 0 fully saturated rings. The van der Waals surface area contributed by atoms with Gasteiger partial charge in [0.2, 0.25) is 5.89 Å². The normalized spacial score (nSPS) is 12.9. The highest BCUT2D eigenvalue weighted by molar-refractivity contribution is 6.30. The van der Waals surface area contributed by atoms with Gasteiger partial charge in [-0.15, -0.1) is 10.2 Å². The molecule has 2 N–H and O–H groups in total. The van der Waals surface area contributed by atoms with Crippen LogP contribution in [-0.4, -0.2) is 35.2 Å². The number of amides is 1. The largest absolute Gasteiger partial charge is 0.415 e. The number of hydrogen-bond acceptors (Lipinski definition) is 4. The fraction of sp³-hybridized carbons (Fsp3) is 0.438. The van der Waals surface area contributed by atoms with Crippen LogP contribution in [-0.2, 0) is 11.3 Å². The van der Waals surface area contributed by atoms with Crippen molar-refractivity contribution in [1.82, 2.24) is 15.5 Å². The molecule has 0 bridgehead atoms. The van der Waals surface area contributed by atoms with E-state index >= 15 is 0 Å². The van der Waals surface area contributed by atoms with Crippen LogP contribution in [0.1, 0.15) is 26.7 Å². The van der Waals surface area contributed by atoms with Crippen LogP contribution in [0.25, 0.3) is 11.5 Å². The predicted molar refractivity (Wildman–Crippen MR) is 88.1 cm³/mol. The van der Waals surface area contributed by atoms with Gasteiger partial charge in [-0.2, -0.15) is 0 Å². The zero-order valence-corrected chi connectivity index (χ0v) is 14.6. The van der Waals surface area contributed by atoms with Crippen molar-refractivity contribution in [2.24, 2.45) is 0 Å². The molecule has 1 amide bonds. The molecule has 0 saturated carbocycles. The molecule has 0 spiro atoms. The van der Waals surface area contributed by atoms with Crippen molar-refractivity contribution >= 4 is 17.5 Å². The number of nitrogens with one attached hydrogen (secondary N) is 2. The summed E-state index contributed by atoms with van der Waals surface area (Å²) < 4.78 is 5.64. The quantitative estimate of drug-likeness (QED) is 0.863. The minimum Gasteiger partial charge on any atom is -0.415 e. The van der Waals surface area contributed by atoms with Gasteiger partial charge in [0.05, 0.1) is 7.05 Å². The summed E-state index contributed by atoms with van der Waals surface area (Å²) in [6.07, 6.45) is 0. The number of hydrogen-bond donors (Lipinski definition) is 2. The maximum absolute atomic E-state index is 11.9. The van der Waals surface area contributed by atoms with Crippen LogP contribution < -0.4 is 10.2 Å². The van der Waals surface area contributed by atoms with Crippen molar-refractivity contribution in [3.8, 4) is 11.5 Å². The number of carbonyl (C=O) groups excluding carboxylic acids is 1. The second-order valence-corrected chi connectivity index (χ2v) is 7.05. The Bertz CT molecular complexity index is 661. The molecule has 0 aliphatic heterocycles. The van der Waals surface area contributed by atoms with E-state index in [9.17, 15) is 4.79 Å². The topological polar surface area (TPSA) is 72.5 Å². The summed E-state index contributed by atoms with van der Waals surface area (Å²) >= 11 is 5.86. The van der Waals surface area contributed by atoms with Crippen LogP contribution in [0.2, 0.25) is 5.02 Å². The van der Waals surface area contributed by atoms with Crippen LogP contribution in [0.3, 0.4) is 0 Å². The first-order valence-electron chi connectivity index (χ1n) is 7.43. The van der Waals surface area contributed by atoms with Crippen molar-refractivity contribution in [1.29, 1.82) is 0 Å². The molecule has 6 nitrogen and oxygen atoms in total. The number of aromatic nitrogens is 2. The highest BCUT2D eigenvalue weighted by atomic mass is 35.5. The second-order valence-electron chi connectivity index (χ2n) is 6.62. The number of carbonyl (C=O) groups is 1. The van der Waals surface area contributed by atoms with Gasteiger partial charge in [0.25, 0.3) is 11.8 Å². The zero-order valence-electron chi connectivity index (χ0n) is 13.8. The van der Waals surface area contributed by atoms with Gasteiger partial charge in [-0.25, -0.2) is 0 Å². The van der Waals surface area contributed by atoms with E-state index in [1.807, 2.05) is 40.0 Å². The van der Waals surface area contributed by atoms with E-state index in [0.29, 0.717) is 29.9 Å². The molecule has 1 aromatic heterocycles. The lowest BCUT2D eigenvalue weighted by molar-refractivity contribution is -0.886. The van der Waals surface area contributed by atoms with E-state index in [1.165, 1.54) is 0 Å². The van der Waals surface area contributed by atoms with Crippen LogP contribution in [0.5, 0.6) is 0 Å². The Morgan fingerprint density at radius 1 is 1.26 bits per heavy atom. The van der Waals surface area contributed by atoms with Crippen LogP contribution in [0.15, 0.2) is 28.7 Å². The molecule has 0 aliphatic carbocycles. The van der Waals surface area contributed by atoms with Crippen molar-refractivity contribution in [2.75, 3.05) is 13.6 Å². The molecule has 2 aromatic rings. The zero-order chi connectivity index (χ0) is 17.0. The molecule has 2 rings (SSSR count). The van der Waals surface area contributed by atoms with Gasteiger partial charge in [-0.1, -0.05) is 11.6 Å². The summed E-state index contributed by atoms with van der Waals surface area (Å²) in [6.45, 7) is 6.69. The fourth-order valence-corrected chi connectivity index (χ4v) is 2.22. The first-order valence-corrected chi connectivity index (χ1v) is 7.81. The minimum absolute atomic E-state index is 0.00700. The molecule has 1 heterocycles. The van der Waals surface area contributed by atoms with Gasteiger partial charge in [0, 0.05) is 16.1 Å². The van der Waals surface area contributed by atoms with E-state index < -0.39 is 0 Å². The highest BCUT2D eigenvalue weighted by Crippen LogP contribution is 2.19. The van der Waals surface area contributed by atoms with Crippen molar-refractivity contribution in [2.45, 2.75) is 32.9 Å². The molecular formula is C16H22ClN4O2+. The number of nitrogens with zero attached hydrogens (tertiary/aromatic N) is 2. The number of benzene rings is 1. The first kappa shape index (κ1) is 17.4. The van der Waals surface area contributed by atoms with Gasteiger partial charge in [-0.05, 0) is 45.0 Å². The molecule has 0 radical (unpaired) electrons. The van der Waals surface area contributed by atoms with Crippen LogP contribution in [0, 0.1) is 0 Å². The molecule has 1 unspecified atom stereocenters. The predicted octanol–water partition coefficient (Wildman–Crippen LogP) is 1.32. The van der Waals surface area contributed by atoms with Gasteiger partial charge in [-0.3, -0.25) is 4.79 Å². The summed E-state index contributed by atoms with van der Waals surface area (Å²) in [5.74, 6) is 0.937. The molecule has 0 aliphatic rings. The lowest BCUT2D eigenvalue weighted by atomic mass is 10.1. The van der Waals surface area contributed by atoms with E-state index in [1.54, 1.807) is 12.1 Å². The molecule has 1 atom stereocenters. The Kier molecular flexibility index (Phi) is 5.38. The van der Waals surface area contributed by atoms with Gasteiger partial charge < -0.3 is 14.6 Å². The first-order chi connectivity index (χ1) is 10.7. The van der Waals surface area contributed by atoms with Crippen LogP contribution >= 0.6 is 11.6 Å².